The molecule has 24 heavy (non-hydrogen) atoms. The SMILES string of the molecule is CCN(c1cccc(C)c1)c1ncnc(Nc2cc(C)on2)c1N. The Labute approximate surface area is 140 Å². The van der Waals surface area contributed by atoms with E-state index in [-0.39, 0.29) is 0 Å². The lowest BCUT2D eigenvalue weighted by atomic mass is 10.2. The molecule has 0 atom stereocenters. The second-order valence-electron chi connectivity index (χ2n) is 5.49. The van der Waals surface area contributed by atoms with Crippen LogP contribution in [-0.4, -0.2) is 21.7 Å². The molecule has 7 heteroatoms. The van der Waals surface area contributed by atoms with E-state index in [1.165, 1.54) is 11.9 Å². The second kappa shape index (κ2) is 6.57. The van der Waals surface area contributed by atoms with E-state index in [2.05, 4.69) is 46.4 Å². The number of hydrogen-bond acceptors (Lipinski definition) is 7. The fraction of sp³-hybridized carbons (Fsp3) is 0.235. The molecule has 0 amide bonds. The van der Waals surface area contributed by atoms with Crippen LogP contribution in [0.2, 0.25) is 0 Å². The number of nitrogens with one attached hydrogen (secondary N) is 1. The summed E-state index contributed by atoms with van der Waals surface area (Å²) in [7, 11) is 0. The van der Waals surface area contributed by atoms with Crippen LogP contribution >= 0.6 is 0 Å². The highest BCUT2D eigenvalue weighted by Crippen LogP contribution is 2.32. The van der Waals surface area contributed by atoms with Crippen LogP contribution < -0.4 is 16.0 Å². The molecule has 0 aliphatic heterocycles. The van der Waals surface area contributed by atoms with Gasteiger partial charge in [-0.25, -0.2) is 9.97 Å². The van der Waals surface area contributed by atoms with Gasteiger partial charge in [0.15, 0.2) is 17.5 Å². The Morgan fingerprint density at radius 1 is 1.21 bits per heavy atom. The van der Waals surface area contributed by atoms with Gasteiger partial charge >= 0.3 is 0 Å². The largest absolute Gasteiger partial charge is 0.393 e. The highest BCUT2D eigenvalue weighted by Gasteiger charge is 2.16. The maximum absolute atomic E-state index is 6.30. The molecular formula is C17H20N6O. The van der Waals surface area contributed by atoms with Gasteiger partial charge in [-0.05, 0) is 38.5 Å². The molecule has 0 radical (unpaired) electrons. The Bertz CT molecular complexity index is 845. The zero-order valence-electron chi connectivity index (χ0n) is 13.9. The number of nitrogen functional groups attached to an aromatic ring is 1. The summed E-state index contributed by atoms with van der Waals surface area (Å²) in [5.74, 6) is 2.42. The van der Waals surface area contributed by atoms with Crippen LogP contribution in [-0.2, 0) is 0 Å². The van der Waals surface area contributed by atoms with Crippen molar-refractivity contribution in [3.8, 4) is 0 Å². The summed E-state index contributed by atoms with van der Waals surface area (Å²) < 4.78 is 5.05. The van der Waals surface area contributed by atoms with Crippen molar-refractivity contribution in [2.45, 2.75) is 20.8 Å². The van der Waals surface area contributed by atoms with E-state index < -0.39 is 0 Å². The fourth-order valence-electron chi connectivity index (χ4n) is 2.50. The molecule has 0 spiro atoms. The highest BCUT2D eigenvalue weighted by atomic mass is 16.5. The molecule has 0 saturated heterocycles. The number of hydrogen-bond donors (Lipinski definition) is 2. The summed E-state index contributed by atoms with van der Waals surface area (Å²) in [6, 6.07) is 9.98. The Hall–Kier alpha value is -3.09. The van der Waals surface area contributed by atoms with Gasteiger partial charge in [0.1, 0.15) is 17.8 Å². The summed E-state index contributed by atoms with van der Waals surface area (Å²) in [5, 5.41) is 6.97. The van der Waals surface area contributed by atoms with Crippen LogP contribution in [0.15, 0.2) is 41.2 Å². The first-order valence-corrected chi connectivity index (χ1v) is 7.73. The molecular weight excluding hydrogens is 304 g/mol. The third-order valence-corrected chi connectivity index (χ3v) is 3.62. The van der Waals surface area contributed by atoms with Gasteiger partial charge in [-0.15, -0.1) is 0 Å². The topological polar surface area (TPSA) is 93.1 Å². The average molecular weight is 324 g/mol. The highest BCUT2D eigenvalue weighted by molar-refractivity contribution is 5.81. The lowest BCUT2D eigenvalue weighted by Gasteiger charge is -2.24. The minimum atomic E-state index is 0.460. The predicted octanol–water partition coefficient (Wildman–Crippen LogP) is 3.57. The van der Waals surface area contributed by atoms with Crippen molar-refractivity contribution in [2.75, 3.05) is 22.5 Å². The molecule has 124 valence electrons. The molecule has 3 N–H and O–H groups in total. The second-order valence-corrected chi connectivity index (χ2v) is 5.49. The van der Waals surface area contributed by atoms with Crippen molar-refractivity contribution >= 4 is 28.8 Å². The summed E-state index contributed by atoms with van der Waals surface area (Å²) in [4.78, 5) is 10.6. The van der Waals surface area contributed by atoms with Gasteiger partial charge in [0.25, 0.3) is 0 Å². The van der Waals surface area contributed by atoms with Gasteiger partial charge in [0, 0.05) is 18.3 Å². The number of aryl methyl sites for hydroxylation is 2. The summed E-state index contributed by atoms with van der Waals surface area (Å²) in [5.41, 5.74) is 8.97. The van der Waals surface area contributed by atoms with E-state index >= 15 is 0 Å². The number of anilines is 5. The third-order valence-electron chi connectivity index (χ3n) is 3.62. The van der Waals surface area contributed by atoms with E-state index in [1.54, 1.807) is 6.07 Å². The van der Waals surface area contributed by atoms with E-state index in [0.717, 1.165) is 12.2 Å². The van der Waals surface area contributed by atoms with Gasteiger partial charge in [-0.1, -0.05) is 17.3 Å². The fourth-order valence-corrected chi connectivity index (χ4v) is 2.50. The first-order valence-electron chi connectivity index (χ1n) is 7.73. The van der Waals surface area contributed by atoms with Gasteiger partial charge in [0.2, 0.25) is 0 Å². The molecule has 0 fully saturated rings. The molecule has 0 aliphatic carbocycles. The van der Waals surface area contributed by atoms with Crippen molar-refractivity contribution in [3.63, 3.8) is 0 Å². The molecule has 2 aromatic heterocycles. The molecule has 0 aliphatic rings. The molecule has 3 aromatic rings. The Kier molecular flexibility index (Phi) is 4.33. The Morgan fingerprint density at radius 2 is 2.04 bits per heavy atom. The normalized spacial score (nSPS) is 10.6. The lowest BCUT2D eigenvalue weighted by molar-refractivity contribution is 0.400. The van der Waals surface area contributed by atoms with Crippen LogP contribution in [0.4, 0.5) is 28.8 Å². The van der Waals surface area contributed by atoms with E-state index in [1.807, 2.05) is 24.0 Å². The smallest absolute Gasteiger partial charge is 0.175 e. The van der Waals surface area contributed by atoms with Crippen LogP contribution in [0.1, 0.15) is 18.2 Å². The van der Waals surface area contributed by atoms with Crippen LogP contribution in [0.25, 0.3) is 0 Å². The van der Waals surface area contributed by atoms with E-state index in [4.69, 9.17) is 10.3 Å². The van der Waals surface area contributed by atoms with Gasteiger partial charge in [0.05, 0.1) is 0 Å². The number of nitrogens with zero attached hydrogens (tertiary/aromatic N) is 4. The molecule has 0 bridgehead atoms. The molecule has 0 saturated carbocycles. The van der Waals surface area contributed by atoms with Gasteiger partial charge in [-0.3, -0.25) is 0 Å². The van der Waals surface area contributed by atoms with Crippen LogP contribution in [0.3, 0.4) is 0 Å². The minimum absolute atomic E-state index is 0.460. The molecule has 3 rings (SSSR count). The molecule has 2 heterocycles. The Morgan fingerprint density at radius 3 is 2.71 bits per heavy atom. The zero-order valence-corrected chi connectivity index (χ0v) is 13.9. The number of benzene rings is 1. The molecule has 0 unspecified atom stereocenters. The van der Waals surface area contributed by atoms with Gasteiger partial charge in [-0.2, -0.15) is 0 Å². The summed E-state index contributed by atoms with van der Waals surface area (Å²) in [6.45, 7) is 6.66. The van der Waals surface area contributed by atoms with Crippen molar-refractivity contribution in [1.82, 2.24) is 15.1 Å². The van der Waals surface area contributed by atoms with Crippen LogP contribution in [0, 0.1) is 13.8 Å². The lowest BCUT2D eigenvalue weighted by Crippen LogP contribution is -2.20. The third kappa shape index (κ3) is 3.15. The first-order chi connectivity index (χ1) is 11.6. The standard InChI is InChI=1S/C17H20N6O/c1-4-23(13-7-5-6-11(2)8-13)17-15(18)16(19-10-20-17)21-14-9-12(3)24-22-14/h5-10H,4,18H2,1-3H3,(H,19,20,21,22). The van der Waals surface area contributed by atoms with Crippen molar-refractivity contribution in [3.05, 3.63) is 48.0 Å². The van der Waals surface area contributed by atoms with Gasteiger partial charge < -0.3 is 20.5 Å². The minimum Gasteiger partial charge on any atom is -0.393 e. The summed E-state index contributed by atoms with van der Waals surface area (Å²) >= 11 is 0. The first kappa shape index (κ1) is 15.8. The average Bonchev–Trinajstić information content (AvgIpc) is 2.97. The van der Waals surface area contributed by atoms with E-state index in [9.17, 15) is 0 Å². The van der Waals surface area contributed by atoms with Crippen molar-refractivity contribution < 1.29 is 4.52 Å². The predicted molar refractivity (Wildman–Crippen MR) is 94.8 cm³/mol. The zero-order chi connectivity index (χ0) is 17.1. The maximum Gasteiger partial charge on any atom is 0.175 e. The quantitative estimate of drug-likeness (QED) is 0.741. The number of nitrogens with two attached hydrogens (primary N) is 1. The molecule has 7 nitrogen and oxygen atoms in total. The number of rotatable bonds is 5. The van der Waals surface area contributed by atoms with Crippen molar-refractivity contribution in [2.24, 2.45) is 0 Å². The monoisotopic (exact) mass is 324 g/mol. The maximum atomic E-state index is 6.30. The van der Waals surface area contributed by atoms with Crippen LogP contribution in [0.5, 0.6) is 0 Å². The molecule has 1 aromatic carbocycles. The number of aromatic nitrogens is 3. The van der Waals surface area contributed by atoms with Crippen molar-refractivity contribution in [1.29, 1.82) is 0 Å². The van der Waals surface area contributed by atoms with E-state index in [0.29, 0.717) is 28.9 Å². The summed E-state index contributed by atoms with van der Waals surface area (Å²) in [6.07, 6.45) is 1.49. The Balaban J connectivity index is 1.96.